The van der Waals surface area contributed by atoms with Crippen molar-refractivity contribution in [2.75, 3.05) is 6.54 Å². The minimum atomic E-state index is 0.0433. The van der Waals surface area contributed by atoms with Crippen LogP contribution in [0.4, 0.5) is 0 Å². The van der Waals surface area contributed by atoms with Crippen molar-refractivity contribution in [3.8, 4) is 0 Å². The third-order valence-corrected chi connectivity index (χ3v) is 5.65. The van der Waals surface area contributed by atoms with Gasteiger partial charge in [-0.2, -0.15) is 0 Å². The van der Waals surface area contributed by atoms with E-state index >= 15 is 0 Å². The summed E-state index contributed by atoms with van der Waals surface area (Å²) < 4.78 is 0. The van der Waals surface area contributed by atoms with E-state index in [0.29, 0.717) is 18.4 Å². The maximum atomic E-state index is 12.4. The van der Waals surface area contributed by atoms with Gasteiger partial charge in [-0.1, -0.05) is 18.2 Å². The number of amides is 1. The standard InChI is InChI=1S/C18H23N3O/c19-17-12-6-5-11(9-12)16(17)18(22)20-8-7-13-10-21-15-4-2-1-3-14(13)15/h1-4,10-12,16-17,21H,5-9,19H2,(H,20,22). The summed E-state index contributed by atoms with van der Waals surface area (Å²) >= 11 is 0. The number of benzene rings is 1. The molecule has 1 amide bonds. The molecular formula is C18H23N3O. The predicted octanol–water partition coefficient (Wildman–Crippen LogP) is 2.20. The lowest BCUT2D eigenvalue weighted by molar-refractivity contribution is -0.127. The molecule has 2 aliphatic carbocycles. The maximum Gasteiger partial charge on any atom is 0.224 e. The summed E-state index contributed by atoms with van der Waals surface area (Å²) in [7, 11) is 0. The van der Waals surface area contributed by atoms with Gasteiger partial charge in [-0.3, -0.25) is 4.79 Å². The molecule has 2 aromatic rings. The third-order valence-electron chi connectivity index (χ3n) is 5.65. The lowest BCUT2D eigenvalue weighted by Gasteiger charge is -2.27. The van der Waals surface area contributed by atoms with Gasteiger partial charge in [0.1, 0.15) is 0 Å². The summed E-state index contributed by atoms with van der Waals surface area (Å²) in [5, 5.41) is 4.35. The molecule has 2 aliphatic rings. The van der Waals surface area contributed by atoms with Crippen LogP contribution in [0.25, 0.3) is 10.9 Å². The molecule has 0 spiro atoms. The topological polar surface area (TPSA) is 70.9 Å². The second kappa shape index (κ2) is 5.43. The number of carbonyl (C=O) groups is 1. The first-order valence-corrected chi connectivity index (χ1v) is 8.32. The Morgan fingerprint density at radius 3 is 2.91 bits per heavy atom. The molecule has 4 nitrogen and oxygen atoms in total. The van der Waals surface area contributed by atoms with Crippen molar-refractivity contribution < 1.29 is 4.79 Å². The van der Waals surface area contributed by atoms with Gasteiger partial charge in [0.2, 0.25) is 5.91 Å². The molecule has 1 aromatic heterocycles. The molecule has 116 valence electrons. The van der Waals surface area contributed by atoms with Crippen molar-refractivity contribution in [1.82, 2.24) is 10.3 Å². The molecule has 1 aromatic carbocycles. The summed E-state index contributed by atoms with van der Waals surface area (Å²) in [6, 6.07) is 8.35. The first-order valence-electron chi connectivity index (χ1n) is 8.32. The lowest BCUT2D eigenvalue weighted by Crippen LogP contribution is -2.45. The van der Waals surface area contributed by atoms with Gasteiger partial charge >= 0.3 is 0 Å². The van der Waals surface area contributed by atoms with Gasteiger partial charge in [-0.05, 0) is 49.1 Å². The number of aromatic nitrogens is 1. The quantitative estimate of drug-likeness (QED) is 0.809. The van der Waals surface area contributed by atoms with E-state index in [1.54, 1.807) is 0 Å². The molecule has 2 bridgehead atoms. The second-order valence-corrected chi connectivity index (χ2v) is 6.84. The van der Waals surface area contributed by atoms with Gasteiger partial charge < -0.3 is 16.0 Å². The first-order chi connectivity index (χ1) is 10.7. The van der Waals surface area contributed by atoms with Gasteiger partial charge in [0.25, 0.3) is 0 Å². The number of para-hydroxylation sites is 1. The molecule has 2 fully saturated rings. The third kappa shape index (κ3) is 2.22. The Balaban J connectivity index is 1.36. The van der Waals surface area contributed by atoms with Crippen LogP contribution >= 0.6 is 0 Å². The molecule has 0 aliphatic heterocycles. The van der Waals surface area contributed by atoms with Crippen LogP contribution in [0.15, 0.2) is 30.5 Å². The van der Waals surface area contributed by atoms with Crippen LogP contribution in [0.1, 0.15) is 24.8 Å². The van der Waals surface area contributed by atoms with E-state index in [4.69, 9.17) is 5.73 Å². The van der Waals surface area contributed by atoms with E-state index in [0.717, 1.165) is 18.4 Å². The predicted molar refractivity (Wildman–Crippen MR) is 87.3 cm³/mol. The highest BCUT2D eigenvalue weighted by atomic mass is 16.1. The summed E-state index contributed by atoms with van der Waals surface area (Å²) in [6.45, 7) is 0.682. The largest absolute Gasteiger partial charge is 0.361 e. The van der Waals surface area contributed by atoms with E-state index in [2.05, 4.69) is 22.4 Å². The number of hydrogen-bond acceptors (Lipinski definition) is 2. The Bertz CT molecular complexity index is 690. The zero-order valence-corrected chi connectivity index (χ0v) is 12.7. The number of hydrogen-bond donors (Lipinski definition) is 3. The summed E-state index contributed by atoms with van der Waals surface area (Å²) in [5.41, 5.74) is 8.65. The van der Waals surface area contributed by atoms with Crippen molar-refractivity contribution in [2.45, 2.75) is 31.7 Å². The molecule has 0 saturated heterocycles. The van der Waals surface area contributed by atoms with Gasteiger partial charge in [-0.25, -0.2) is 0 Å². The zero-order chi connectivity index (χ0) is 15.1. The maximum absolute atomic E-state index is 12.4. The molecule has 4 rings (SSSR count). The van der Waals surface area contributed by atoms with Crippen molar-refractivity contribution in [1.29, 1.82) is 0 Å². The Hall–Kier alpha value is -1.81. The number of nitrogens with one attached hydrogen (secondary N) is 2. The summed E-state index contributed by atoms with van der Waals surface area (Å²) in [6.07, 6.45) is 6.44. The average Bonchev–Trinajstić information content (AvgIpc) is 3.22. The Labute approximate surface area is 130 Å². The van der Waals surface area contributed by atoms with E-state index in [-0.39, 0.29) is 17.9 Å². The second-order valence-electron chi connectivity index (χ2n) is 6.84. The van der Waals surface area contributed by atoms with Gasteiger partial charge in [-0.15, -0.1) is 0 Å². The molecule has 4 atom stereocenters. The van der Waals surface area contributed by atoms with Crippen molar-refractivity contribution in [2.24, 2.45) is 23.5 Å². The van der Waals surface area contributed by atoms with E-state index in [9.17, 15) is 4.79 Å². The highest BCUT2D eigenvalue weighted by Gasteiger charge is 2.48. The lowest BCUT2D eigenvalue weighted by atomic mass is 9.84. The van der Waals surface area contributed by atoms with E-state index in [1.807, 2.05) is 18.3 Å². The fourth-order valence-corrected chi connectivity index (χ4v) is 4.50. The minimum absolute atomic E-state index is 0.0433. The van der Waals surface area contributed by atoms with Crippen LogP contribution in [0, 0.1) is 17.8 Å². The number of nitrogens with two attached hydrogens (primary N) is 1. The zero-order valence-electron chi connectivity index (χ0n) is 12.7. The molecule has 2 saturated carbocycles. The Morgan fingerprint density at radius 1 is 1.27 bits per heavy atom. The highest BCUT2D eigenvalue weighted by molar-refractivity contribution is 5.83. The SMILES string of the molecule is NC1C2CCC(C2)C1C(=O)NCCc1c[nH]c2ccccc12. The molecule has 0 radical (unpaired) electrons. The number of carbonyl (C=O) groups excluding carboxylic acids is 1. The van der Waals surface area contributed by atoms with Crippen molar-refractivity contribution in [3.63, 3.8) is 0 Å². The molecule has 4 N–H and O–H groups in total. The average molecular weight is 297 g/mol. The van der Waals surface area contributed by atoms with Crippen LogP contribution in [-0.4, -0.2) is 23.5 Å². The normalized spacial score (nSPS) is 30.0. The van der Waals surface area contributed by atoms with Crippen molar-refractivity contribution >= 4 is 16.8 Å². The fraction of sp³-hybridized carbons (Fsp3) is 0.500. The van der Waals surface area contributed by atoms with Crippen LogP contribution in [0.5, 0.6) is 0 Å². The van der Waals surface area contributed by atoms with E-state index in [1.165, 1.54) is 23.8 Å². The first kappa shape index (κ1) is 13.8. The molecule has 1 heterocycles. The number of H-pyrrole nitrogens is 1. The number of aromatic amines is 1. The smallest absolute Gasteiger partial charge is 0.224 e. The minimum Gasteiger partial charge on any atom is -0.361 e. The molecule has 4 heteroatoms. The van der Waals surface area contributed by atoms with Gasteiger partial charge in [0.05, 0.1) is 5.92 Å². The van der Waals surface area contributed by atoms with Crippen LogP contribution < -0.4 is 11.1 Å². The molecular weight excluding hydrogens is 274 g/mol. The van der Waals surface area contributed by atoms with E-state index < -0.39 is 0 Å². The Morgan fingerprint density at radius 2 is 2.09 bits per heavy atom. The Kier molecular flexibility index (Phi) is 3.41. The van der Waals surface area contributed by atoms with Crippen LogP contribution in [-0.2, 0) is 11.2 Å². The van der Waals surface area contributed by atoms with Gasteiger partial charge in [0, 0.05) is 29.7 Å². The number of rotatable bonds is 4. The van der Waals surface area contributed by atoms with Gasteiger partial charge in [0.15, 0.2) is 0 Å². The number of fused-ring (bicyclic) bond motifs is 3. The van der Waals surface area contributed by atoms with Crippen molar-refractivity contribution in [3.05, 3.63) is 36.0 Å². The van der Waals surface area contributed by atoms with Crippen LogP contribution in [0.3, 0.4) is 0 Å². The summed E-state index contributed by atoms with van der Waals surface area (Å²) in [4.78, 5) is 15.7. The monoisotopic (exact) mass is 297 g/mol. The highest BCUT2D eigenvalue weighted by Crippen LogP contribution is 2.47. The fourth-order valence-electron chi connectivity index (χ4n) is 4.50. The molecule has 22 heavy (non-hydrogen) atoms. The molecule has 4 unspecified atom stereocenters. The van der Waals surface area contributed by atoms with Crippen LogP contribution in [0.2, 0.25) is 0 Å². The summed E-state index contributed by atoms with van der Waals surface area (Å²) in [5.74, 6) is 1.31.